The van der Waals surface area contributed by atoms with Crippen LogP contribution < -0.4 is 9.80 Å². The van der Waals surface area contributed by atoms with E-state index in [-0.39, 0.29) is 11.7 Å². The van der Waals surface area contributed by atoms with Gasteiger partial charge in [0, 0.05) is 51.2 Å². The zero-order valence-corrected chi connectivity index (χ0v) is 15.5. The van der Waals surface area contributed by atoms with E-state index >= 15 is 0 Å². The second-order valence-corrected chi connectivity index (χ2v) is 7.21. The highest BCUT2D eigenvalue weighted by Crippen LogP contribution is 2.20. The van der Waals surface area contributed by atoms with Crippen LogP contribution in [0.5, 0.6) is 0 Å². The van der Waals surface area contributed by atoms with Gasteiger partial charge in [0.05, 0.1) is 5.56 Å². The van der Waals surface area contributed by atoms with Crippen LogP contribution in [-0.4, -0.2) is 55.1 Å². The zero-order chi connectivity index (χ0) is 18.6. The van der Waals surface area contributed by atoms with Gasteiger partial charge in [-0.15, -0.1) is 0 Å². The van der Waals surface area contributed by atoms with Gasteiger partial charge in [-0.25, -0.2) is 9.37 Å². The second kappa shape index (κ2) is 7.94. The van der Waals surface area contributed by atoms with Crippen molar-refractivity contribution in [2.45, 2.75) is 19.3 Å². The molecule has 0 spiro atoms. The van der Waals surface area contributed by atoms with Gasteiger partial charge in [-0.05, 0) is 55.7 Å². The number of hydrogen-bond acceptors (Lipinski definition) is 4. The summed E-state index contributed by atoms with van der Waals surface area (Å²) in [7, 11) is 0. The van der Waals surface area contributed by atoms with Gasteiger partial charge < -0.3 is 14.7 Å². The SMILES string of the molecule is O=C(c1ccc(N2CCN(c3ccc(F)cc3)CC2)nc1)N1CCCCC1. The number of piperazine rings is 1. The van der Waals surface area contributed by atoms with Crippen LogP contribution in [0.3, 0.4) is 0 Å². The molecule has 2 aromatic rings. The molecule has 4 rings (SSSR count). The summed E-state index contributed by atoms with van der Waals surface area (Å²) in [6.07, 6.45) is 5.11. The number of hydrogen-bond donors (Lipinski definition) is 0. The standard InChI is InChI=1S/C21H25FN4O/c22-18-5-7-19(8-6-18)24-12-14-25(15-13-24)20-9-4-17(16-23-20)21(27)26-10-2-1-3-11-26/h4-9,16H,1-3,10-15H2. The lowest BCUT2D eigenvalue weighted by Crippen LogP contribution is -2.46. The van der Waals surface area contributed by atoms with Crippen molar-refractivity contribution in [2.75, 3.05) is 49.1 Å². The molecule has 3 heterocycles. The molecule has 6 heteroatoms. The first-order valence-corrected chi connectivity index (χ1v) is 9.71. The number of carbonyl (C=O) groups excluding carboxylic acids is 1. The number of amides is 1. The van der Waals surface area contributed by atoms with E-state index in [1.54, 1.807) is 6.20 Å². The summed E-state index contributed by atoms with van der Waals surface area (Å²) in [5.74, 6) is 0.791. The summed E-state index contributed by atoms with van der Waals surface area (Å²) in [6, 6.07) is 10.5. The van der Waals surface area contributed by atoms with Crippen LogP contribution in [0.15, 0.2) is 42.6 Å². The molecule has 0 atom stereocenters. The minimum atomic E-state index is -0.208. The quantitative estimate of drug-likeness (QED) is 0.834. The third-order valence-corrected chi connectivity index (χ3v) is 5.43. The number of pyridine rings is 1. The summed E-state index contributed by atoms with van der Waals surface area (Å²) < 4.78 is 13.1. The Morgan fingerprint density at radius 2 is 1.48 bits per heavy atom. The van der Waals surface area contributed by atoms with Crippen LogP contribution in [0.4, 0.5) is 15.9 Å². The average molecular weight is 368 g/mol. The van der Waals surface area contributed by atoms with E-state index in [1.807, 2.05) is 29.2 Å². The van der Waals surface area contributed by atoms with Crippen molar-refractivity contribution in [2.24, 2.45) is 0 Å². The Morgan fingerprint density at radius 3 is 2.11 bits per heavy atom. The first-order chi connectivity index (χ1) is 13.2. The van der Waals surface area contributed by atoms with E-state index in [1.165, 1.54) is 18.6 Å². The van der Waals surface area contributed by atoms with Gasteiger partial charge in [0.15, 0.2) is 0 Å². The molecular weight excluding hydrogens is 343 g/mol. The lowest BCUT2D eigenvalue weighted by molar-refractivity contribution is 0.0724. The molecule has 2 aliphatic rings. The minimum absolute atomic E-state index is 0.0925. The number of likely N-dealkylation sites (tertiary alicyclic amines) is 1. The maximum Gasteiger partial charge on any atom is 0.255 e. The number of benzene rings is 1. The Hall–Kier alpha value is -2.63. The van der Waals surface area contributed by atoms with Crippen molar-refractivity contribution in [3.8, 4) is 0 Å². The molecule has 0 bridgehead atoms. The van der Waals surface area contributed by atoms with Crippen LogP contribution in [0.2, 0.25) is 0 Å². The highest BCUT2D eigenvalue weighted by molar-refractivity contribution is 5.94. The second-order valence-electron chi connectivity index (χ2n) is 7.21. The third-order valence-electron chi connectivity index (χ3n) is 5.43. The summed E-state index contributed by atoms with van der Waals surface area (Å²) in [5, 5.41) is 0. The van der Waals surface area contributed by atoms with E-state index in [0.717, 1.165) is 63.6 Å². The predicted molar refractivity (Wildman–Crippen MR) is 105 cm³/mol. The number of anilines is 2. The van der Waals surface area contributed by atoms with Crippen molar-refractivity contribution >= 4 is 17.4 Å². The normalized spacial score (nSPS) is 17.9. The molecule has 2 saturated heterocycles. The number of halogens is 1. The van der Waals surface area contributed by atoms with Crippen molar-refractivity contribution in [1.29, 1.82) is 0 Å². The van der Waals surface area contributed by atoms with E-state index in [2.05, 4.69) is 14.8 Å². The predicted octanol–water partition coefficient (Wildman–Crippen LogP) is 3.17. The number of piperidine rings is 1. The molecule has 0 saturated carbocycles. The maximum absolute atomic E-state index is 13.1. The molecule has 5 nitrogen and oxygen atoms in total. The molecule has 0 radical (unpaired) electrons. The lowest BCUT2D eigenvalue weighted by Gasteiger charge is -2.36. The highest BCUT2D eigenvalue weighted by Gasteiger charge is 2.21. The molecule has 1 aromatic heterocycles. The molecule has 0 N–H and O–H groups in total. The Kier molecular flexibility index (Phi) is 5.23. The smallest absolute Gasteiger partial charge is 0.255 e. The summed E-state index contributed by atoms with van der Waals surface area (Å²) in [5.41, 5.74) is 1.72. The summed E-state index contributed by atoms with van der Waals surface area (Å²) in [4.78, 5) is 23.5. The highest BCUT2D eigenvalue weighted by atomic mass is 19.1. The Morgan fingerprint density at radius 1 is 0.815 bits per heavy atom. The van der Waals surface area contributed by atoms with Crippen molar-refractivity contribution in [3.05, 3.63) is 54.0 Å². The molecule has 27 heavy (non-hydrogen) atoms. The van der Waals surface area contributed by atoms with Gasteiger partial charge in [-0.3, -0.25) is 4.79 Å². The van der Waals surface area contributed by atoms with Gasteiger partial charge >= 0.3 is 0 Å². The fourth-order valence-corrected chi connectivity index (χ4v) is 3.82. The minimum Gasteiger partial charge on any atom is -0.368 e. The lowest BCUT2D eigenvalue weighted by atomic mass is 10.1. The molecule has 2 fully saturated rings. The van der Waals surface area contributed by atoms with Crippen LogP contribution in [0, 0.1) is 5.82 Å². The van der Waals surface area contributed by atoms with E-state index in [4.69, 9.17) is 0 Å². The first kappa shape index (κ1) is 17.8. The molecule has 2 aliphatic heterocycles. The Labute approximate surface area is 159 Å². The van der Waals surface area contributed by atoms with Crippen molar-refractivity contribution < 1.29 is 9.18 Å². The third kappa shape index (κ3) is 4.04. The number of carbonyl (C=O) groups is 1. The summed E-state index contributed by atoms with van der Waals surface area (Å²) in [6.45, 7) is 5.13. The zero-order valence-electron chi connectivity index (χ0n) is 15.5. The van der Waals surface area contributed by atoms with Gasteiger partial charge in [-0.2, -0.15) is 0 Å². The molecule has 1 amide bonds. The van der Waals surface area contributed by atoms with Crippen molar-refractivity contribution in [1.82, 2.24) is 9.88 Å². The maximum atomic E-state index is 13.1. The first-order valence-electron chi connectivity index (χ1n) is 9.71. The fourth-order valence-electron chi connectivity index (χ4n) is 3.82. The number of nitrogens with zero attached hydrogens (tertiary/aromatic N) is 4. The van der Waals surface area contributed by atoms with Gasteiger partial charge in [0.1, 0.15) is 11.6 Å². The largest absolute Gasteiger partial charge is 0.368 e. The molecule has 1 aromatic carbocycles. The fraction of sp³-hybridized carbons (Fsp3) is 0.429. The van der Waals surface area contributed by atoms with Crippen LogP contribution >= 0.6 is 0 Å². The monoisotopic (exact) mass is 368 g/mol. The Balaban J connectivity index is 1.36. The molecule has 142 valence electrons. The van der Waals surface area contributed by atoms with Crippen LogP contribution in [-0.2, 0) is 0 Å². The van der Waals surface area contributed by atoms with Gasteiger partial charge in [-0.1, -0.05) is 0 Å². The van der Waals surface area contributed by atoms with Gasteiger partial charge in [0.25, 0.3) is 5.91 Å². The summed E-state index contributed by atoms with van der Waals surface area (Å²) >= 11 is 0. The van der Waals surface area contributed by atoms with Crippen molar-refractivity contribution in [3.63, 3.8) is 0 Å². The van der Waals surface area contributed by atoms with E-state index in [9.17, 15) is 9.18 Å². The van der Waals surface area contributed by atoms with Crippen LogP contribution in [0.1, 0.15) is 29.6 Å². The molecule has 0 unspecified atom stereocenters. The molecule has 0 aliphatic carbocycles. The molecular formula is C21H25FN4O. The number of rotatable bonds is 3. The topological polar surface area (TPSA) is 39.7 Å². The van der Waals surface area contributed by atoms with Gasteiger partial charge in [0.2, 0.25) is 0 Å². The number of aromatic nitrogens is 1. The Bertz CT molecular complexity index is 764. The van der Waals surface area contributed by atoms with E-state index < -0.39 is 0 Å². The average Bonchev–Trinajstić information content (AvgIpc) is 2.75. The van der Waals surface area contributed by atoms with Crippen LogP contribution in [0.25, 0.3) is 0 Å². The van der Waals surface area contributed by atoms with E-state index in [0.29, 0.717) is 5.56 Å².